The number of aromatic amines is 3. The van der Waals surface area contributed by atoms with Crippen LogP contribution in [-0.2, 0) is 11.2 Å². The minimum Gasteiger partial charge on any atom is -0.358 e. The Morgan fingerprint density at radius 1 is 1.16 bits per heavy atom. The number of fused-ring (bicyclic) bond motifs is 1. The van der Waals surface area contributed by atoms with Crippen LogP contribution in [0.3, 0.4) is 0 Å². The van der Waals surface area contributed by atoms with Crippen LogP contribution in [0, 0.1) is 6.92 Å². The van der Waals surface area contributed by atoms with Crippen molar-refractivity contribution in [2.24, 2.45) is 5.10 Å². The fourth-order valence-electron chi connectivity index (χ4n) is 2.94. The summed E-state index contributed by atoms with van der Waals surface area (Å²) in [6.45, 7) is 1.92. The minimum absolute atomic E-state index is 0.0976. The van der Waals surface area contributed by atoms with E-state index in [-0.39, 0.29) is 17.2 Å². The maximum atomic E-state index is 12.2. The summed E-state index contributed by atoms with van der Waals surface area (Å²) in [5, 5.41) is 15.5. The monoisotopic (exact) mass is 452 g/mol. The van der Waals surface area contributed by atoms with E-state index in [2.05, 4.69) is 36.0 Å². The molecule has 1 aromatic carbocycles. The summed E-state index contributed by atoms with van der Waals surface area (Å²) in [6.07, 6.45) is 1.47. The molecule has 12 nitrogen and oxygen atoms in total. The van der Waals surface area contributed by atoms with Gasteiger partial charge in [0.25, 0.3) is 11.5 Å². The summed E-state index contributed by atoms with van der Waals surface area (Å²) in [4.78, 5) is 54.3. The normalized spacial score (nSPS) is 11.2. The van der Waals surface area contributed by atoms with E-state index >= 15 is 0 Å². The summed E-state index contributed by atoms with van der Waals surface area (Å²) < 4.78 is 0. The molecule has 32 heavy (non-hydrogen) atoms. The summed E-state index contributed by atoms with van der Waals surface area (Å²) in [7, 11) is 0. The number of amides is 2. The molecule has 0 saturated carbocycles. The Labute approximate surface area is 182 Å². The third-order valence-electron chi connectivity index (χ3n) is 4.33. The Hall–Kier alpha value is -4.39. The molecule has 0 aliphatic heterocycles. The molecule has 0 radical (unpaired) electrons. The van der Waals surface area contributed by atoms with Gasteiger partial charge in [-0.1, -0.05) is 29.5 Å². The first-order valence-electron chi connectivity index (χ1n) is 9.25. The van der Waals surface area contributed by atoms with Gasteiger partial charge in [-0.25, -0.2) is 10.2 Å². The standard InChI is InChI=1S/C19H16N8O4S/c1-9-11(10-4-2-3-5-12(10)21-9)8-20-25-15(29)7-16-26-27-19(32-16)24-17(30)13-6-14(28)23-18(31)22-13/h2-6,8,21H,7H2,1H3,(H,25,29)(H,24,27,30)(H2,22,23,28,31)/b20-8-. The van der Waals surface area contributed by atoms with Crippen molar-refractivity contribution in [3.05, 3.63) is 73.1 Å². The van der Waals surface area contributed by atoms with Gasteiger partial charge in [0.05, 0.1) is 12.6 Å². The minimum atomic E-state index is -0.805. The van der Waals surface area contributed by atoms with Crippen molar-refractivity contribution in [1.29, 1.82) is 0 Å². The molecule has 4 rings (SSSR count). The smallest absolute Gasteiger partial charge is 0.326 e. The molecule has 0 fully saturated rings. The number of hydrazone groups is 1. The number of rotatable bonds is 6. The molecule has 0 spiro atoms. The van der Waals surface area contributed by atoms with Crippen LogP contribution in [0.1, 0.15) is 26.8 Å². The van der Waals surface area contributed by atoms with Gasteiger partial charge in [0.2, 0.25) is 11.0 Å². The number of carbonyl (C=O) groups is 2. The lowest BCUT2D eigenvalue weighted by Gasteiger charge is -1.99. The SMILES string of the molecule is Cc1[nH]c2ccccc2c1/C=N\NC(=O)Cc1nnc(NC(=O)c2cc(=O)[nH]c(=O)[nH]2)s1. The van der Waals surface area contributed by atoms with Crippen molar-refractivity contribution >= 4 is 45.4 Å². The van der Waals surface area contributed by atoms with Crippen LogP contribution < -0.4 is 22.0 Å². The van der Waals surface area contributed by atoms with E-state index in [1.807, 2.05) is 36.2 Å². The molecule has 13 heteroatoms. The summed E-state index contributed by atoms with van der Waals surface area (Å²) in [6, 6.07) is 8.71. The third kappa shape index (κ3) is 4.67. The van der Waals surface area contributed by atoms with Gasteiger partial charge in [0, 0.05) is 28.2 Å². The molecule has 0 aliphatic carbocycles. The first-order chi connectivity index (χ1) is 15.4. The predicted octanol–water partition coefficient (Wildman–Crippen LogP) is 0.650. The number of hydrogen-bond acceptors (Lipinski definition) is 8. The molecule has 5 N–H and O–H groups in total. The van der Waals surface area contributed by atoms with Crippen LogP contribution in [0.25, 0.3) is 10.9 Å². The third-order valence-corrected chi connectivity index (χ3v) is 5.17. The number of H-pyrrole nitrogens is 3. The highest BCUT2D eigenvalue weighted by atomic mass is 32.1. The molecular formula is C19H16N8O4S. The van der Waals surface area contributed by atoms with E-state index in [1.165, 1.54) is 0 Å². The average molecular weight is 452 g/mol. The van der Waals surface area contributed by atoms with Gasteiger partial charge in [-0.15, -0.1) is 10.2 Å². The first-order valence-corrected chi connectivity index (χ1v) is 10.1. The molecule has 162 valence electrons. The molecule has 0 saturated heterocycles. The summed E-state index contributed by atoms with van der Waals surface area (Å²) in [5.74, 6) is -1.15. The largest absolute Gasteiger partial charge is 0.358 e. The molecule has 0 bridgehead atoms. The highest BCUT2D eigenvalue weighted by Crippen LogP contribution is 2.20. The second kappa shape index (κ2) is 8.77. The fraction of sp³-hybridized carbons (Fsp3) is 0.105. The molecule has 3 heterocycles. The van der Waals surface area contributed by atoms with Gasteiger partial charge < -0.3 is 9.97 Å². The van der Waals surface area contributed by atoms with Crippen molar-refractivity contribution in [3.8, 4) is 0 Å². The lowest BCUT2D eigenvalue weighted by atomic mass is 10.1. The lowest BCUT2D eigenvalue weighted by Crippen LogP contribution is -2.27. The van der Waals surface area contributed by atoms with Gasteiger partial charge in [-0.05, 0) is 13.0 Å². The first kappa shape index (κ1) is 20.9. The molecule has 4 aromatic rings. The molecular weight excluding hydrogens is 436 g/mol. The number of para-hydroxylation sites is 1. The van der Waals surface area contributed by atoms with Crippen molar-refractivity contribution in [3.63, 3.8) is 0 Å². The zero-order valence-electron chi connectivity index (χ0n) is 16.6. The van der Waals surface area contributed by atoms with Crippen molar-refractivity contribution in [1.82, 2.24) is 30.6 Å². The van der Waals surface area contributed by atoms with Gasteiger partial charge >= 0.3 is 5.69 Å². The van der Waals surface area contributed by atoms with Crippen molar-refractivity contribution in [2.75, 3.05) is 5.32 Å². The number of anilines is 1. The van der Waals surface area contributed by atoms with E-state index in [0.717, 1.165) is 39.6 Å². The Morgan fingerprint density at radius 3 is 2.78 bits per heavy atom. The number of hydrogen-bond donors (Lipinski definition) is 5. The summed E-state index contributed by atoms with van der Waals surface area (Å²) in [5.41, 5.74) is 3.48. The maximum absolute atomic E-state index is 12.2. The van der Waals surface area contributed by atoms with Crippen LogP contribution in [0.2, 0.25) is 0 Å². The van der Waals surface area contributed by atoms with E-state index in [1.54, 1.807) is 6.21 Å². The highest BCUT2D eigenvalue weighted by molar-refractivity contribution is 7.15. The van der Waals surface area contributed by atoms with Crippen LogP contribution in [-0.4, -0.2) is 43.2 Å². The zero-order valence-corrected chi connectivity index (χ0v) is 17.4. The Balaban J connectivity index is 1.36. The Morgan fingerprint density at radius 2 is 1.97 bits per heavy atom. The highest BCUT2D eigenvalue weighted by Gasteiger charge is 2.14. The van der Waals surface area contributed by atoms with Crippen LogP contribution in [0.15, 0.2) is 45.0 Å². The average Bonchev–Trinajstić information content (AvgIpc) is 3.30. The number of nitrogens with one attached hydrogen (secondary N) is 5. The number of carbonyl (C=O) groups excluding carboxylic acids is 2. The van der Waals surface area contributed by atoms with Gasteiger partial charge in [-0.3, -0.25) is 24.7 Å². The van der Waals surface area contributed by atoms with Gasteiger partial charge in [0.15, 0.2) is 0 Å². The van der Waals surface area contributed by atoms with Crippen LogP contribution in [0.5, 0.6) is 0 Å². The molecule has 0 atom stereocenters. The summed E-state index contributed by atoms with van der Waals surface area (Å²) >= 11 is 0.978. The number of nitrogens with zero attached hydrogens (tertiary/aromatic N) is 3. The lowest BCUT2D eigenvalue weighted by molar-refractivity contribution is -0.120. The van der Waals surface area contributed by atoms with Crippen molar-refractivity contribution < 1.29 is 9.59 Å². The number of benzene rings is 1. The molecule has 2 amide bonds. The van der Waals surface area contributed by atoms with Crippen LogP contribution >= 0.6 is 11.3 Å². The Bertz CT molecular complexity index is 1430. The number of aromatic nitrogens is 5. The topological polar surface area (TPSA) is 178 Å². The molecule has 0 aliphatic rings. The van der Waals surface area contributed by atoms with Gasteiger partial charge in [0.1, 0.15) is 10.7 Å². The second-order valence-corrected chi connectivity index (χ2v) is 7.70. The maximum Gasteiger partial charge on any atom is 0.326 e. The molecule has 0 unspecified atom stereocenters. The van der Waals surface area contributed by atoms with Crippen molar-refractivity contribution in [2.45, 2.75) is 13.3 Å². The zero-order chi connectivity index (χ0) is 22.7. The van der Waals surface area contributed by atoms with Crippen LogP contribution in [0.4, 0.5) is 5.13 Å². The van der Waals surface area contributed by atoms with E-state index in [9.17, 15) is 19.2 Å². The van der Waals surface area contributed by atoms with Gasteiger partial charge in [-0.2, -0.15) is 5.10 Å². The fourth-order valence-corrected chi connectivity index (χ4v) is 3.67. The number of aryl methyl sites for hydroxylation is 1. The quantitative estimate of drug-likeness (QED) is 0.212. The van der Waals surface area contributed by atoms with E-state index in [0.29, 0.717) is 5.01 Å². The van der Waals surface area contributed by atoms with E-state index in [4.69, 9.17) is 0 Å². The predicted molar refractivity (Wildman–Crippen MR) is 118 cm³/mol. The molecule has 3 aromatic heterocycles. The van der Waals surface area contributed by atoms with E-state index < -0.39 is 23.1 Å². The second-order valence-electron chi connectivity index (χ2n) is 6.64. The Kier molecular flexibility index (Phi) is 5.72.